The number of rotatable bonds is 3. The van der Waals surface area contributed by atoms with Gasteiger partial charge in [0.2, 0.25) is 11.8 Å². The summed E-state index contributed by atoms with van der Waals surface area (Å²) in [5.74, 6) is -0.164. The Morgan fingerprint density at radius 2 is 1.88 bits per heavy atom. The second-order valence-electron chi connectivity index (χ2n) is 4.61. The first-order valence-electron chi connectivity index (χ1n) is 6.01. The molecule has 6 nitrogen and oxygen atoms in total. The summed E-state index contributed by atoms with van der Waals surface area (Å²) in [6, 6.07) is -0.260. The molecular weight excluding hydrogens is 222 g/mol. The minimum Gasteiger partial charge on any atom is -0.395 e. The van der Waals surface area contributed by atoms with E-state index in [9.17, 15) is 9.59 Å². The Bertz CT molecular complexity index is 313. The second kappa shape index (κ2) is 5.12. The van der Waals surface area contributed by atoms with Crippen molar-refractivity contribution in [1.82, 2.24) is 14.7 Å². The third-order valence-electron chi connectivity index (χ3n) is 3.62. The fraction of sp³-hybridized carbons (Fsp3) is 0.818. The van der Waals surface area contributed by atoms with Crippen LogP contribution in [0, 0.1) is 0 Å². The zero-order valence-corrected chi connectivity index (χ0v) is 10.1. The van der Waals surface area contributed by atoms with Gasteiger partial charge in [0.05, 0.1) is 19.1 Å². The first-order valence-corrected chi connectivity index (χ1v) is 6.01. The number of hydrogen-bond donors (Lipinski definition) is 1. The Morgan fingerprint density at radius 3 is 2.35 bits per heavy atom. The molecule has 2 heterocycles. The van der Waals surface area contributed by atoms with E-state index in [1.165, 1.54) is 4.90 Å². The molecule has 2 aliphatic heterocycles. The summed E-state index contributed by atoms with van der Waals surface area (Å²) in [6.07, 6.45) is 0.315. The highest BCUT2D eigenvalue weighted by Gasteiger charge is 2.40. The minimum atomic E-state index is -0.260. The highest BCUT2D eigenvalue weighted by atomic mass is 16.3. The molecule has 1 N–H and O–H groups in total. The summed E-state index contributed by atoms with van der Waals surface area (Å²) in [5.41, 5.74) is 0. The fourth-order valence-corrected chi connectivity index (χ4v) is 2.46. The van der Waals surface area contributed by atoms with Gasteiger partial charge in [-0.3, -0.25) is 24.3 Å². The van der Waals surface area contributed by atoms with Crippen LogP contribution < -0.4 is 0 Å². The van der Waals surface area contributed by atoms with Gasteiger partial charge >= 0.3 is 0 Å². The van der Waals surface area contributed by atoms with Gasteiger partial charge in [-0.25, -0.2) is 0 Å². The lowest BCUT2D eigenvalue weighted by atomic mass is 10.2. The Morgan fingerprint density at radius 1 is 1.24 bits per heavy atom. The first-order chi connectivity index (χ1) is 8.13. The van der Waals surface area contributed by atoms with E-state index in [0.29, 0.717) is 13.0 Å². The van der Waals surface area contributed by atoms with E-state index in [4.69, 9.17) is 5.11 Å². The lowest BCUT2D eigenvalue weighted by molar-refractivity contribution is -0.138. The maximum absolute atomic E-state index is 11.8. The normalized spacial score (nSPS) is 28.1. The van der Waals surface area contributed by atoms with Gasteiger partial charge in [0, 0.05) is 39.8 Å². The third kappa shape index (κ3) is 2.48. The van der Waals surface area contributed by atoms with Crippen LogP contribution in [0.2, 0.25) is 0 Å². The van der Waals surface area contributed by atoms with E-state index in [1.54, 1.807) is 7.05 Å². The number of aliphatic hydroxyl groups excluding tert-OH is 1. The maximum atomic E-state index is 11.8. The molecule has 0 aromatic heterocycles. The molecule has 2 fully saturated rings. The van der Waals surface area contributed by atoms with Crippen LogP contribution in [0.25, 0.3) is 0 Å². The van der Waals surface area contributed by atoms with Gasteiger partial charge in [-0.15, -0.1) is 0 Å². The average Bonchev–Trinajstić information content (AvgIpc) is 2.59. The van der Waals surface area contributed by atoms with Crippen molar-refractivity contribution in [2.75, 3.05) is 46.4 Å². The predicted octanol–water partition coefficient (Wildman–Crippen LogP) is -1.65. The number of imide groups is 1. The van der Waals surface area contributed by atoms with Gasteiger partial charge in [0.15, 0.2) is 0 Å². The van der Waals surface area contributed by atoms with Crippen LogP contribution in [-0.4, -0.2) is 84.0 Å². The number of nitrogens with zero attached hydrogens (tertiary/aromatic N) is 3. The van der Waals surface area contributed by atoms with E-state index < -0.39 is 0 Å². The lowest BCUT2D eigenvalue weighted by Crippen LogP contribution is -2.52. The summed E-state index contributed by atoms with van der Waals surface area (Å²) in [4.78, 5) is 28.7. The molecule has 0 saturated carbocycles. The summed E-state index contributed by atoms with van der Waals surface area (Å²) < 4.78 is 0. The number of piperazine rings is 1. The van der Waals surface area contributed by atoms with Crippen molar-refractivity contribution >= 4 is 11.8 Å². The number of hydrogen-bond acceptors (Lipinski definition) is 5. The van der Waals surface area contributed by atoms with Crippen LogP contribution in [0.15, 0.2) is 0 Å². The monoisotopic (exact) mass is 241 g/mol. The molecule has 1 atom stereocenters. The Hall–Kier alpha value is -0.980. The summed E-state index contributed by atoms with van der Waals surface area (Å²) in [7, 11) is 1.55. The van der Waals surface area contributed by atoms with Crippen LogP contribution in [0.1, 0.15) is 6.42 Å². The molecule has 0 spiro atoms. The maximum Gasteiger partial charge on any atom is 0.246 e. The first kappa shape index (κ1) is 12.5. The molecule has 0 aliphatic carbocycles. The average molecular weight is 241 g/mol. The molecule has 0 aromatic carbocycles. The van der Waals surface area contributed by atoms with E-state index in [1.807, 2.05) is 0 Å². The van der Waals surface area contributed by atoms with Crippen LogP contribution >= 0.6 is 0 Å². The molecule has 96 valence electrons. The summed E-state index contributed by atoms with van der Waals surface area (Å²) in [6.45, 7) is 4.13. The highest BCUT2D eigenvalue weighted by Crippen LogP contribution is 2.18. The summed E-state index contributed by atoms with van der Waals surface area (Å²) >= 11 is 0. The number of carbonyl (C=O) groups excluding carboxylic acids is 2. The molecule has 6 heteroatoms. The molecule has 1 unspecified atom stereocenters. The van der Waals surface area contributed by atoms with Crippen molar-refractivity contribution in [3.63, 3.8) is 0 Å². The Balaban J connectivity index is 1.89. The lowest BCUT2D eigenvalue weighted by Gasteiger charge is -2.36. The largest absolute Gasteiger partial charge is 0.395 e. The van der Waals surface area contributed by atoms with Crippen molar-refractivity contribution < 1.29 is 14.7 Å². The smallest absolute Gasteiger partial charge is 0.246 e. The number of β-amino-alcohol motifs (C(OH)–C–C–N with tert-alkyl or cyclic N) is 1. The molecule has 2 amide bonds. The Kier molecular flexibility index (Phi) is 3.76. The zero-order valence-electron chi connectivity index (χ0n) is 10.1. The molecular formula is C11H19N3O3. The molecule has 2 rings (SSSR count). The van der Waals surface area contributed by atoms with Crippen molar-refractivity contribution in [2.24, 2.45) is 0 Å². The predicted molar refractivity (Wildman–Crippen MR) is 61.3 cm³/mol. The molecule has 0 radical (unpaired) electrons. The van der Waals surface area contributed by atoms with Crippen molar-refractivity contribution in [3.05, 3.63) is 0 Å². The van der Waals surface area contributed by atoms with Crippen LogP contribution in [0.3, 0.4) is 0 Å². The van der Waals surface area contributed by atoms with Gasteiger partial charge in [0.1, 0.15) is 0 Å². The van der Waals surface area contributed by atoms with Gasteiger partial charge in [0.25, 0.3) is 0 Å². The quantitative estimate of drug-likeness (QED) is 0.600. The highest BCUT2D eigenvalue weighted by molar-refractivity contribution is 6.05. The number of likely N-dealkylation sites (N-methyl/N-ethyl adjacent to an activating group) is 1. The third-order valence-corrected chi connectivity index (χ3v) is 3.62. The van der Waals surface area contributed by atoms with Gasteiger partial charge in [-0.2, -0.15) is 0 Å². The second-order valence-corrected chi connectivity index (χ2v) is 4.61. The van der Waals surface area contributed by atoms with E-state index in [-0.39, 0.29) is 24.5 Å². The van der Waals surface area contributed by atoms with Crippen molar-refractivity contribution in [1.29, 1.82) is 0 Å². The van der Waals surface area contributed by atoms with Gasteiger partial charge in [-0.1, -0.05) is 0 Å². The molecule has 2 saturated heterocycles. The topological polar surface area (TPSA) is 64.1 Å². The number of likely N-dealkylation sites (tertiary alicyclic amines) is 1. The van der Waals surface area contributed by atoms with E-state index >= 15 is 0 Å². The van der Waals surface area contributed by atoms with Crippen LogP contribution in [-0.2, 0) is 9.59 Å². The van der Waals surface area contributed by atoms with E-state index in [0.717, 1.165) is 26.2 Å². The number of aliphatic hydroxyl groups is 1. The standard InChI is InChI=1S/C11H19N3O3/c1-12-10(16)8-9(11(12)17)14-4-2-13(3-5-14)6-7-15/h9,15H,2-8H2,1H3. The Labute approximate surface area is 101 Å². The zero-order chi connectivity index (χ0) is 12.4. The molecule has 2 aliphatic rings. The van der Waals surface area contributed by atoms with E-state index in [2.05, 4.69) is 9.80 Å². The fourth-order valence-electron chi connectivity index (χ4n) is 2.46. The van der Waals surface area contributed by atoms with Crippen molar-refractivity contribution in [3.8, 4) is 0 Å². The number of carbonyl (C=O) groups is 2. The molecule has 17 heavy (non-hydrogen) atoms. The molecule has 0 aromatic rings. The van der Waals surface area contributed by atoms with Crippen LogP contribution in [0.5, 0.6) is 0 Å². The minimum absolute atomic E-state index is 0.0781. The molecule has 0 bridgehead atoms. The SMILES string of the molecule is CN1C(=O)CC(N2CCN(CCO)CC2)C1=O. The van der Waals surface area contributed by atoms with Crippen LogP contribution in [0.4, 0.5) is 0 Å². The van der Waals surface area contributed by atoms with Crippen molar-refractivity contribution in [2.45, 2.75) is 12.5 Å². The van der Waals surface area contributed by atoms with Gasteiger partial charge < -0.3 is 5.11 Å². The summed E-state index contributed by atoms with van der Waals surface area (Å²) in [5, 5.41) is 8.85. The number of amides is 2. The van der Waals surface area contributed by atoms with Gasteiger partial charge in [-0.05, 0) is 0 Å².